The highest BCUT2D eigenvalue weighted by Crippen LogP contribution is 2.43. The Morgan fingerprint density at radius 3 is 1.36 bits per heavy atom. The van der Waals surface area contributed by atoms with Gasteiger partial charge in [0.15, 0.2) is 6.10 Å². The maximum atomic E-state index is 12.6. The molecule has 0 aliphatic heterocycles. The van der Waals surface area contributed by atoms with Crippen molar-refractivity contribution in [3.63, 3.8) is 0 Å². The fraction of sp³-hybridized carbons (Fsp3) is 0.905. The van der Waals surface area contributed by atoms with Gasteiger partial charge in [0.05, 0.1) is 19.8 Å². The molecule has 11 heteroatoms. The Kier molecular flexibility index (Phi) is 38.0. The first-order valence-corrected chi connectivity index (χ1v) is 23.1. The summed E-state index contributed by atoms with van der Waals surface area (Å²) in [4.78, 5) is 34.9. The van der Waals surface area contributed by atoms with E-state index in [0.717, 1.165) is 57.8 Å². The number of allylic oxidation sites excluding steroid dienone is 2. The number of aliphatic hydroxyl groups is 2. The van der Waals surface area contributed by atoms with Crippen LogP contribution in [0.3, 0.4) is 0 Å². The Hall–Kier alpha value is -1.29. The number of phosphoric ester groups is 1. The van der Waals surface area contributed by atoms with Crippen molar-refractivity contribution in [2.45, 2.75) is 219 Å². The lowest BCUT2D eigenvalue weighted by molar-refractivity contribution is -0.161. The molecular weight excluding hydrogens is 695 g/mol. The molecule has 0 aromatic heterocycles. The summed E-state index contributed by atoms with van der Waals surface area (Å²) in [6.07, 6.45) is 36.0. The molecule has 0 saturated carbocycles. The van der Waals surface area contributed by atoms with E-state index in [9.17, 15) is 24.2 Å². The van der Waals surface area contributed by atoms with Gasteiger partial charge >= 0.3 is 19.8 Å². The Labute approximate surface area is 324 Å². The van der Waals surface area contributed by atoms with Gasteiger partial charge in [-0.25, -0.2) is 4.57 Å². The Balaban J connectivity index is 4.28. The zero-order valence-electron chi connectivity index (χ0n) is 34.0. The average Bonchev–Trinajstić information content (AvgIpc) is 3.14. The number of carbonyl (C=O) groups is 2. The van der Waals surface area contributed by atoms with Crippen molar-refractivity contribution in [1.82, 2.24) is 0 Å². The largest absolute Gasteiger partial charge is 0.472 e. The highest BCUT2D eigenvalue weighted by atomic mass is 31.2. The molecule has 0 amide bonds. The quantitative estimate of drug-likeness (QED) is 0.0237. The van der Waals surface area contributed by atoms with Gasteiger partial charge in [0.25, 0.3) is 0 Å². The van der Waals surface area contributed by atoms with Gasteiger partial charge < -0.3 is 24.6 Å². The Morgan fingerprint density at radius 2 is 0.925 bits per heavy atom. The molecule has 3 N–H and O–H groups in total. The summed E-state index contributed by atoms with van der Waals surface area (Å²) in [5, 5.41) is 18.3. The number of ether oxygens (including phenoxy) is 2. The lowest BCUT2D eigenvalue weighted by Gasteiger charge is -2.20. The fourth-order valence-corrected chi connectivity index (χ4v) is 6.84. The first kappa shape index (κ1) is 51.7. The Morgan fingerprint density at radius 1 is 0.547 bits per heavy atom. The van der Waals surface area contributed by atoms with Crippen molar-refractivity contribution in [2.75, 3.05) is 26.4 Å². The Bertz CT molecular complexity index is 899. The van der Waals surface area contributed by atoms with Crippen molar-refractivity contribution in [1.29, 1.82) is 0 Å². The van der Waals surface area contributed by atoms with Crippen molar-refractivity contribution in [3.8, 4) is 0 Å². The zero-order chi connectivity index (χ0) is 39.1. The number of unbranched alkanes of at least 4 members (excludes halogenated alkanes) is 25. The lowest BCUT2D eigenvalue weighted by Crippen LogP contribution is -2.29. The van der Waals surface area contributed by atoms with Crippen LogP contribution in [0.5, 0.6) is 0 Å². The SMILES string of the molecule is CCCCCCCCC=CCCCCCCCC(=O)OC(COC(=O)CCCCCCCCCCCCCCCCC)COP(=O)(O)OCC(O)CO. The normalized spacial score (nSPS) is 14.0. The standard InChI is InChI=1S/C42H81O10P/c1-3-5-7-9-11-13-15-17-19-21-23-25-27-29-31-33-41(45)49-37-40(38-51-53(47,48)50-36-39(44)35-43)52-42(46)34-32-30-28-26-24-22-20-18-16-14-12-10-8-6-4-2/h18,20,39-40,43-44H,3-17,19,21-38H2,1-2H3,(H,47,48). The number of esters is 2. The van der Waals surface area contributed by atoms with E-state index in [1.807, 2.05) is 0 Å². The summed E-state index contributed by atoms with van der Waals surface area (Å²) >= 11 is 0. The van der Waals surface area contributed by atoms with Crippen molar-refractivity contribution in [2.24, 2.45) is 0 Å². The van der Waals surface area contributed by atoms with Crippen LogP contribution in [0, 0.1) is 0 Å². The van der Waals surface area contributed by atoms with Gasteiger partial charge in [0.1, 0.15) is 12.7 Å². The smallest absolute Gasteiger partial charge is 0.462 e. The lowest BCUT2D eigenvalue weighted by atomic mass is 10.0. The van der Waals surface area contributed by atoms with Gasteiger partial charge in [-0.05, 0) is 38.5 Å². The summed E-state index contributed by atoms with van der Waals surface area (Å²) in [5.74, 6) is -0.924. The summed E-state index contributed by atoms with van der Waals surface area (Å²) in [6, 6.07) is 0. The first-order valence-electron chi connectivity index (χ1n) is 21.6. The minimum absolute atomic E-state index is 0.178. The van der Waals surface area contributed by atoms with Gasteiger partial charge in [0, 0.05) is 12.8 Å². The second kappa shape index (κ2) is 39.0. The van der Waals surface area contributed by atoms with E-state index in [1.165, 1.54) is 109 Å². The minimum Gasteiger partial charge on any atom is -0.462 e. The fourth-order valence-electron chi connectivity index (χ4n) is 6.05. The van der Waals surface area contributed by atoms with E-state index in [4.69, 9.17) is 19.1 Å². The predicted molar refractivity (Wildman–Crippen MR) is 215 cm³/mol. The molecule has 0 heterocycles. The maximum Gasteiger partial charge on any atom is 0.472 e. The number of hydrogen-bond acceptors (Lipinski definition) is 9. The highest BCUT2D eigenvalue weighted by Gasteiger charge is 2.27. The van der Waals surface area contributed by atoms with Gasteiger partial charge in [0.2, 0.25) is 0 Å². The number of rotatable bonds is 41. The van der Waals surface area contributed by atoms with Gasteiger partial charge in [-0.1, -0.05) is 167 Å². The van der Waals surface area contributed by atoms with Crippen LogP contribution in [-0.4, -0.2) is 65.7 Å². The maximum absolute atomic E-state index is 12.6. The summed E-state index contributed by atoms with van der Waals surface area (Å²) in [6.45, 7) is 2.39. The van der Waals surface area contributed by atoms with Crippen LogP contribution in [0.1, 0.15) is 206 Å². The van der Waals surface area contributed by atoms with Crippen LogP contribution < -0.4 is 0 Å². The summed E-state index contributed by atoms with van der Waals surface area (Å²) < 4.78 is 32.7. The van der Waals surface area contributed by atoms with E-state index in [1.54, 1.807) is 0 Å². The number of carbonyl (C=O) groups excluding carboxylic acids is 2. The van der Waals surface area contributed by atoms with E-state index < -0.39 is 51.8 Å². The molecule has 0 spiro atoms. The molecule has 0 aromatic carbocycles. The van der Waals surface area contributed by atoms with E-state index >= 15 is 0 Å². The van der Waals surface area contributed by atoms with Gasteiger partial charge in [-0.15, -0.1) is 0 Å². The molecule has 0 saturated heterocycles. The molecule has 0 aromatic rings. The van der Waals surface area contributed by atoms with E-state index in [2.05, 4.69) is 30.5 Å². The van der Waals surface area contributed by atoms with Crippen LogP contribution in [0.15, 0.2) is 12.2 Å². The molecule has 10 nitrogen and oxygen atoms in total. The van der Waals surface area contributed by atoms with Crippen LogP contribution >= 0.6 is 7.82 Å². The van der Waals surface area contributed by atoms with Crippen molar-refractivity contribution < 1.29 is 47.8 Å². The molecule has 3 atom stereocenters. The van der Waals surface area contributed by atoms with Crippen LogP contribution in [0.4, 0.5) is 0 Å². The van der Waals surface area contributed by atoms with Crippen LogP contribution in [0.25, 0.3) is 0 Å². The third kappa shape index (κ3) is 38.8. The molecule has 0 radical (unpaired) electrons. The molecule has 0 bridgehead atoms. The third-order valence-electron chi connectivity index (χ3n) is 9.42. The van der Waals surface area contributed by atoms with E-state index in [0.29, 0.717) is 12.8 Å². The molecule has 53 heavy (non-hydrogen) atoms. The molecule has 3 unspecified atom stereocenters. The van der Waals surface area contributed by atoms with Gasteiger partial charge in [-0.3, -0.25) is 18.6 Å². The summed E-state index contributed by atoms with van der Waals surface area (Å²) in [5.41, 5.74) is 0. The van der Waals surface area contributed by atoms with Crippen molar-refractivity contribution >= 4 is 19.8 Å². The zero-order valence-corrected chi connectivity index (χ0v) is 34.9. The van der Waals surface area contributed by atoms with Crippen molar-refractivity contribution in [3.05, 3.63) is 12.2 Å². The second-order valence-electron chi connectivity index (χ2n) is 14.7. The molecule has 314 valence electrons. The number of aliphatic hydroxyl groups excluding tert-OH is 2. The van der Waals surface area contributed by atoms with Crippen LogP contribution in [-0.2, 0) is 32.7 Å². The average molecular weight is 777 g/mol. The second-order valence-corrected chi connectivity index (χ2v) is 16.2. The number of phosphoric acid groups is 1. The first-order chi connectivity index (χ1) is 25.7. The van der Waals surface area contributed by atoms with Gasteiger partial charge in [-0.2, -0.15) is 0 Å². The molecular formula is C42H81O10P. The highest BCUT2D eigenvalue weighted by molar-refractivity contribution is 7.47. The summed E-state index contributed by atoms with van der Waals surface area (Å²) in [7, 11) is -4.61. The van der Waals surface area contributed by atoms with Crippen LogP contribution in [0.2, 0.25) is 0 Å². The molecule has 0 fully saturated rings. The molecule has 0 aliphatic rings. The molecule has 0 aliphatic carbocycles. The van der Waals surface area contributed by atoms with E-state index in [-0.39, 0.29) is 19.4 Å². The number of hydrogen-bond donors (Lipinski definition) is 3. The third-order valence-corrected chi connectivity index (χ3v) is 10.4. The monoisotopic (exact) mass is 777 g/mol. The molecule has 0 rings (SSSR count). The minimum atomic E-state index is -4.61. The predicted octanol–water partition coefficient (Wildman–Crippen LogP) is 11.2. The topological polar surface area (TPSA) is 149 Å².